The third kappa shape index (κ3) is 3.19. The Kier molecular flexibility index (Phi) is 4.32. The van der Waals surface area contributed by atoms with Gasteiger partial charge in [0.15, 0.2) is 0 Å². The van der Waals surface area contributed by atoms with Crippen molar-refractivity contribution in [1.82, 2.24) is 15.5 Å². The van der Waals surface area contributed by atoms with Crippen LogP contribution in [0.15, 0.2) is 36.5 Å². The Labute approximate surface area is 126 Å². The van der Waals surface area contributed by atoms with Crippen LogP contribution in [-0.4, -0.2) is 27.6 Å². The summed E-state index contributed by atoms with van der Waals surface area (Å²) in [7, 11) is 0. The molecule has 0 aliphatic carbocycles. The van der Waals surface area contributed by atoms with Gasteiger partial charge in [-0.2, -0.15) is 5.10 Å². The number of rotatable bonds is 4. The number of aromatic amines is 1. The van der Waals surface area contributed by atoms with E-state index in [2.05, 4.69) is 27.6 Å². The molecule has 2 heterocycles. The van der Waals surface area contributed by atoms with Crippen LogP contribution >= 0.6 is 23.5 Å². The van der Waals surface area contributed by atoms with Crippen molar-refractivity contribution in [3.63, 3.8) is 0 Å². The number of hydrogen-bond acceptors (Lipinski definition) is 4. The van der Waals surface area contributed by atoms with Gasteiger partial charge < -0.3 is 5.32 Å². The molecule has 2 aromatic rings. The maximum atomic E-state index is 12.0. The molecule has 104 valence electrons. The highest BCUT2D eigenvalue weighted by atomic mass is 32.2. The predicted molar refractivity (Wildman–Crippen MR) is 83.9 cm³/mol. The molecule has 1 saturated heterocycles. The minimum atomic E-state index is -0.0575. The summed E-state index contributed by atoms with van der Waals surface area (Å²) in [5.74, 6) is 2.36. The lowest BCUT2D eigenvalue weighted by Gasteiger charge is -2.09. The first-order valence-corrected chi connectivity index (χ1v) is 8.52. The highest BCUT2D eigenvalue weighted by Crippen LogP contribution is 2.45. The van der Waals surface area contributed by atoms with Gasteiger partial charge in [0.2, 0.25) is 0 Å². The minimum absolute atomic E-state index is 0.0575. The zero-order valence-corrected chi connectivity index (χ0v) is 12.5. The summed E-state index contributed by atoms with van der Waals surface area (Å²) in [6, 6.07) is 9.76. The van der Waals surface area contributed by atoms with Crippen LogP contribution in [0.25, 0.3) is 0 Å². The lowest BCUT2D eigenvalue weighted by atomic mass is 10.1. The molecule has 3 rings (SSSR count). The van der Waals surface area contributed by atoms with E-state index in [0.717, 1.165) is 5.69 Å². The summed E-state index contributed by atoms with van der Waals surface area (Å²) in [5.41, 5.74) is 2.89. The third-order valence-corrected chi connectivity index (χ3v) is 6.17. The molecule has 6 heteroatoms. The summed E-state index contributed by atoms with van der Waals surface area (Å²) in [6.07, 6.45) is 1.67. The van der Waals surface area contributed by atoms with Gasteiger partial charge in [0.25, 0.3) is 5.91 Å². The van der Waals surface area contributed by atoms with Crippen LogP contribution in [0.3, 0.4) is 0 Å². The molecule has 0 spiro atoms. The SMILES string of the molecule is O=C(NCc1ccn[nH]1)c1ccc(C2SCCS2)cc1. The van der Waals surface area contributed by atoms with Gasteiger partial charge in [0.05, 0.1) is 16.8 Å². The number of nitrogens with zero attached hydrogens (tertiary/aromatic N) is 1. The number of carbonyl (C=O) groups excluding carboxylic acids is 1. The molecule has 4 nitrogen and oxygen atoms in total. The van der Waals surface area contributed by atoms with Gasteiger partial charge in [-0.1, -0.05) is 12.1 Å². The molecular formula is C14H15N3OS2. The normalized spacial score (nSPS) is 15.4. The number of nitrogens with one attached hydrogen (secondary N) is 2. The second kappa shape index (κ2) is 6.37. The maximum Gasteiger partial charge on any atom is 0.251 e. The van der Waals surface area contributed by atoms with Crippen LogP contribution in [-0.2, 0) is 6.54 Å². The first-order valence-electron chi connectivity index (χ1n) is 6.42. The quantitative estimate of drug-likeness (QED) is 0.912. The van der Waals surface area contributed by atoms with Crippen LogP contribution in [0.2, 0.25) is 0 Å². The van der Waals surface area contributed by atoms with Crippen molar-refractivity contribution in [3.8, 4) is 0 Å². The third-order valence-electron chi connectivity index (χ3n) is 3.06. The van der Waals surface area contributed by atoms with Crippen molar-refractivity contribution in [3.05, 3.63) is 53.3 Å². The highest BCUT2D eigenvalue weighted by Gasteiger charge is 2.18. The van der Waals surface area contributed by atoms with Gasteiger partial charge >= 0.3 is 0 Å². The van der Waals surface area contributed by atoms with E-state index in [-0.39, 0.29) is 5.91 Å². The van der Waals surface area contributed by atoms with E-state index in [1.807, 2.05) is 41.7 Å². The fourth-order valence-electron chi connectivity index (χ4n) is 2.00. The number of aromatic nitrogens is 2. The molecule has 2 N–H and O–H groups in total. The number of thioether (sulfide) groups is 2. The van der Waals surface area contributed by atoms with Gasteiger partial charge in [-0.15, -0.1) is 23.5 Å². The molecule has 1 aliphatic heterocycles. The van der Waals surface area contributed by atoms with Gasteiger partial charge in [-0.25, -0.2) is 0 Å². The Hall–Kier alpha value is -1.40. The molecule has 0 unspecified atom stereocenters. The molecule has 0 atom stereocenters. The summed E-state index contributed by atoms with van der Waals surface area (Å²) in [6.45, 7) is 0.467. The number of carbonyl (C=O) groups is 1. The summed E-state index contributed by atoms with van der Waals surface area (Å²) in [5, 5.41) is 9.54. The monoisotopic (exact) mass is 305 g/mol. The zero-order valence-electron chi connectivity index (χ0n) is 10.8. The van der Waals surface area contributed by atoms with Crippen LogP contribution in [0.1, 0.15) is 26.2 Å². The van der Waals surface area contributed by atoms with Crippen LogP contribution < -0.4 is 5.32 Å². The van der Waals surface area contributed by atoms with Crippen LogP contribution in [0.5, 0.6) is 0 Å². The number of amides is 1. The largest absolute Gasteiger partial charge is 0.346 e. The maximum absolute atomic E-state index is 12.0. The van der Waals surface area contributed by atoms with Crippen molar-refractivity contribution in [1.29, 1.82) is 0 Å². The Balaban J connectivity index is 1.60. The predicted octanol–water partition coefficient (Wildman–Crippen LogP) is 2.82. The number of benzene rings is 1. The van der Waals surface area contributed by atoms with Crippen LogP contribution in [0, 0.1) is 0 Å². The van der Waals surface area contributed by atoms with E-state index < -0.39 is 0 Å². The van der Waals surface area contributed by atoms with Crippen LogP contribution in [0.4, 0.5) is 0 Å². The molecule has 0 bridgehead atoms. The molecular weight excluding hydrogens is 290 g/mol. The van der Waals surface area contributed by atoms with Crippen molar-refractivity contribution >= 4 is 29.4 Å². The second-order valence-electron chi connectivity index (χ2n) is 4.46. The van der Waals surface area contributed by atoms with Gasteiger partial charge in [0.1, 0.15) is 0 Å². The minimum Gasteiger partial charge on any atom is -0.346 e. The fourth-order valence-corrected chi connectivity index (χ4v) is 4.86. The van der Waals surface area contributed by atoms with Crippen molar-refractivity contribution < 1.29 is 4.79 Å². The molecule has 1 aromatic carbocycles. The second-order valence-corrected chi connectivity index (χ2v) is 7.18. The average Bonchev–Trinajstić information content (AvgIpc) is 3.18. The molecule has 1 aliphatic rings. The van der Waals surface area contributed by atoms with E-state index in [0.29, 0.717) is 16.7 Å². The molecule has 1 amide bonds. The Morgan fingerprint density at radius 1 is 1.25 bits per heavy atom. The topological polar surface area (TPSA) is 57.8 Å². The van der Waals surface area contributed by atoms with E-state index in [9.17, 15) is 4.79 Å². The number of hydrogen-bond donors (Lipinski definition) is 2. The molecule has 1 fully saturated rings. The van der Waals surface area contributed by atoms with E-state index in [4.69, 9.17) is 0 Å². The molecule has 1 aromatic heterocycles. The standard InChI is InChI=1S/C14H15N3OS2/c18-13(15-9-12-5-6-16-17-12)10-1-3-11(4-2-10)14-19-7-8-20-14/h1-6,14H,7-9H2,(H,15,18)(H,16,17). The molecule has 20 heavy (non-hydrogen) atoms. The van der Waals surface area contributed by atoms with Crippen molar-refractivity contribution in [2.24, 2.45) is 0 Å². The van der Waals surface area contributed by atoms with Gasteiger partial charge in [-0.3, -0.25) is 9.89 Å². The lowest BCUT2D eigenvalue weighted by Crippen LogP contribution is -2.22. The molecule has 0 radical (unpaired) electrons. The summed E-state index contributed by atoms with van der Waals surface area (Å²) in [4.78, 5) is 12.0. The first kappa shape index (κ1) is 13.6. The number of H-pyrrole nitrogens is 1. The Bertz CT molecular complexity index is 563. The fraction of sp³-hybridized carbons (Fsp3) is 0.286. The van der Waals surface area contributed by atoms with Gasteiger partial charge in [-0.05, 0) is 23.8 Å². The van der Waals surface area contributed by atoms with E-state index >= 15 is 0 Å². The Morgan fingerprint density at radius 3 is 2.65 bits per heavy atom. The summed E-state index contributed by atoms with van der Waals surface area (Å²) >= 11 is 3.94. The summed E-state index contributed by atoms with van der Waals surface area (Å²) < 4.78 is 0.525. The first-order chi connectivity index (χ1) is 9.83. The average molecular weight is 305 g/mol. The molecule has 0 saturated carbocycles. The Morgan fingerprint density at radius 2 is 2.00 bits per heavy atom. The van der Waals surface area contributed by atoms with Gasteiger partial charge in [0, 0.05) is 23.3 Å². The smallest absolute Gasteiger partial charge is 0.251 e. The van der Waals surface area contributed by atoms with Crippen molar-refractivity contribution in [2.75, 3.05) is 11.5 Å². The van der Waals surface area contributed by atoms with E-state index in [1.165, 1.54) is 17.1 Å². The van der Waals surface area contributed by atoms with Crippen molar-refractivity contribution in [2.45, 2.75) is 11.1 Å². The lowest BCUT2D eigenvalue weighted by molar-refractivity contribution is 0.0950. The highest BCUT2D eigenvalue weighted by molar-refractivity contribution is 8.19. The van der Waals surface area contributed by atoms with E-state index in [1.54, 1.807) is 6.20 Å². The zero-order chi connectivity index (χ0) is 13.8.